The van der Waals surface area contributed by atoms with Gasteiger partial charge in [-0.2, -0.15) is 0 Å². The Kier molecular flexibility index (Phi) is 4.69. The quantitative estimate of drug-likeness (QED) is 0.681. The van der Waals surface area contributed by atoms with E-state index in [1.54, 1.807) is 18.2 Å². The first-order valence-electron chi connectivity index (χ1n) is 8.40. The van der Waals surface area contributed by atoms with Gasteiger partial charge in [0.25, 0.3) is 5.91 Å². The largest absolute Gasteiger partial charge is 0.357 e. The van der Waals surface area contributed by atoms with Crippen LogP contribution in [0.3, 0.4) is 0 Å². The molecular formula is C21H21NO2. The first kappa shape index (κ1) is 16.3. The maximum Gasteiger partial charge on any atom is 0.262 e. The van der Waals surface area contributed by atoms with Crippen molar-refractivity contribution >= 4 is 11.6 Å². The average molecular weight is 319 g/mol. The van der Waals surface area contributed by atoms with Crippen LogP contribution in [0.1, 0.15) is 48.5 Å². The molecule has 1 aliphatic rings. The van der Waals surface area contributed by atoms with E-state index in [0.29, 0.717) is 16.8 Å². The van der Waals surface area contributed by atoms with Crippen LogP contribution in [0, 0.1) is 11.8 Å². The molecule has 0 radical (unpaired) electrons. The lowest BCUT2D eigenvalue weighted by Gasteiger charge is -2.29. The van der Waals surface area contributed by atoms with Crippen LogP contribution in [-0.4, -0.2) is 11.0 Å². The predicted octanol–water partition coefficient (Wildman–Crippen LogP) is 4.08. The molecule has 0 unspecified atom stereocenters. The summed E-state index contributed by atoms with van der Waals surface area (Å²) in [7, 11) is 0. The van der Waals surface area contributed by atoms with Gasteiger partial charge < -0.3 is 5.11 Å². The fourth-order valence-electron chi connectivity index (χ4n) is 3.01. The number of anilines is 1. The smallest absolute Gasteiger partial charge is 0.262 e. The molecule has 0 aliphatic carbocycles. The highest BCUT2D eigenvalue weighted by Crippen LogP contribution is 2.40. The number of aliphatic hydroxyl groups is 1. The van der Waals surface area contributed by atoms with Gasteiger partial charge >= 0.3 is 0 Å². The van der Waals surface area contributed by atoms with Crippen LogP contribution in [0.25, 0.3) is 0 Å². The molecule has 24 heavy (non-hydrogen) atoms. The topological polar surface area (TPSA) is 40.5 Å². The van der Waals surface area contributed by atoms with Gasteiger partial charge in [-0.1, -0.05) is 62.1 Å². The second-order valence-electron chi connectivity index (χ2n) is 5.95. The normalized spacial score (nSPS) is 18.9. The molecule has 3 heteroatoms. The van der Waals surface area contributed by atoms with Crippen molar-refractivity contribution in [3.05, 3.63) is 65.7 Å². The number of unbranched alkanes of at least 4 members (excludes halogenated alkanes) is 3. The van der Waals surface area contributed by atoms with Gasteiger partial charge in [-0.3, -0.25) is 9.69 Å². The van der Waals surface area contributed by atoms with Gasteiger partial charge in [0.2, 0.25) is 5.72 Å². The van der Waals surface area contributed by atoms with Crippen LogP contribution < -0.4 is 4.90 Å². The predicted molar refractivity (Wildman–Crippen MR) is 95.5 cm³/mol. The molecule has 122 valence electrons. The second kappa shape index (κ2) is 6.90. The van der Waals surface area contributed by atoms with Crippen molar-refractivity contribution < 1.29 is 9.90 Å². The van der Waals surface area contributed by atoms with Crippen LogP contribution in [0.5, 0.6) is 0 Å². The molecule has 0 fully saturated rings. The molecule has 1 amide bonds. The number of carbonyl (C=O) groups excluding carboxylic acids is 1. The van der Waals surface area contributed by atoms with E-state index in [1.165, 1.54) is 4.90 Å². The average Bonchev–Trinajstić information content (AvgIpc) is 2.84. The molecule has 1 atom stereocenters. The summed E-state index contributed by atoms with van der Waals surface area (Å²) >= 11 is 0. The molecule has 3 nitrogen and oxygen atoms in total. The zero-order chi connectivity index (χ0) is 17.0. The highest BCUT2D eigenvalue weighted by atomic mass is 16.3. The number of amides is 1. The summed E-state index contributed by atoms with van der Waals surface area (Å²) in [5.74, 6) is 5.81. The molecule has 0 saturated carbocycles. The van der Waals surface area contributed by atoms with Crippen molar-refractivity contribution in [1.82, 2.24) is 0 Å². The number of benzene rings is 2. The summed E-state index contributed by atoms with van der Waals surface area (Å²) in [6.45, 7) is 2.14. The van der Waals surface area contributed by atoms with Crippen molar-refractivity contribution in [2.45, 2.75) is 38.3 Å². The minimum atomic E-state index is -1.61. The number of para-hydroxylation sites is 1. The summed E-state index contributed by atoms with van der Waals surface area (Å²) in [6, 6.07) is 16.3. The Morgan fingerprint density at radius 1 is 1.04 bits per heavy atom. The highest BCUT2D eigenvalue weighted by Gasteiger charge is 2.48. The molecule has 0 spiro atoms. The minimum absolute atomic E-state index is 0.220. The standard InChI is InChI=1S/C21H21NO2/c1-2-3-4-5-11-16-21(24)19-15-10-9-14-18(19)20(23)22(21)17-12-7-6-8-13-17/h6-10,12-15,24H,2-5H2,1H3/t21-/m0/s1. The number of carbonyl (C=O) groups is 1. The first-order chi connectivity index (χ1) is 11.7. The van der Waals surface area contributed by atoms with Crippen LogP contribution >= 0.6 is 0 Å². The Morgan fingerprint density at radius 3 is 2.50 bits per heavy atom. The zero-order valence-electron chi connectivity index (χ0n) is 13.8. The van der Waals surface area contributed by atoms with Gasteiger partial charge in [-0.25, -0.2) is 0 Å². The second-order valence-corrected chi connectivity index (χ2v) is 5.95. The van der Waals surface area contributed by atoms with E-state index in [1.807, 2.05) is 36.4 Å². The maximum absolute atomic E-state index is 12.8. The Bertz CT molecular complexity index is 788. The third-order valence-electron chi connectivity index (χ3n) is 4.24. The number of hydrogen-bond donors (Lipinski definition) is 1. The van der Waals surface area contributed by atoms with Gasteiger partial charge in [-0.15, -0.1) is 0 Å². The molecular weight excluding hydrogens is 298 g/mol. The van der Waals surface area contributed by atoms with Gasteiger partial charge in [0.15, 0.2) is 0 Å². The van der Waals surface area contributed by atoms with Crippen molar-refractivity contribution in [2.24, 2.45) is 0 Å². The molecule has 2 aromatic rings. The van der Waals surface area contributed by atoms with Crippen LogP contribution in [0.2, 0.25) is 0 Å². The van der Waals surface area contributed by atoms with Crippen molar-refractivity contribution in [3.63, 3.8) is 0 Å². The fourth-order valence-corrected chi connectivity index (χ4v) is 3.01. The summed E-state index contributed by atoms with van der Waals surface area (Å²) in [5, 5.41) is 11.3. The Hall–Kier alpha value is -2.57. The third-order valence-corrected chi connectivity index (χ3v) is 4.24. The summed E-state index contributed by atoms with van der Waals surface area (Å²) in [6.07, 6.45) is 3.96. The van der Waals surface area contributed by atoms with E-state index in [9.17, 15) is 9.90 Å². The third kappa shape index (κ3) is 2.81. The lowest BCUT2D eigenvalue weighted by molar-refractivity contribution is 0.0792. The van der Waals surface area contributed by atoms with E-state index < -0.39 is 5.72 Å². The number of nitrogens with zero attached hydrogens (tertiary/aromatic N) is 1. The Labute approximate surface area is 142 Å². The van der Waals surface area contributed by atoms with Crippen LogP contribution in [-0.2, 0) is 5.72 Å². The number of fused-ring (bicyclic) bond motifs is 1. The van der Waals surface area contributed by atoms with E-state index in [2.05, 4.69) is 18.8 Å². The Balaban J connectivity index is 2.02. The minimum Gasteiger partial charge on any atom is -0.357 e. The monoisotopic (exact) mass is 319 g/mol. The van der Waals surface area contributed by atoms with Gasteiger partial charge in [-0.05, 0) is 30.5 Å². The van der Waals surface area contributed by atoms with Gasteiger partial charge in [0, 0.05) is 23.2 Å². The molecule has 1 heterocycles. The SMILES string of the molecule is CCCCCC#C[C@]1(O)c2ccccc2C(=O)N1c1ccccc1. The molecule has 0 saturated heterocycles. The lowest BCUT2D eigenvalue weighted by atomic mass is 10.0. The van der Waals surface area contributed by atoms with Crippen molar-refractivity contribution in [3.8, 4) is 11.8 Å². The van der Waals surface area contributed by atoms with Crippen LogP contribution in [0.4, 0.5) is 5.69 Å². The van der Waals surface area contributed by atoms with E-state index in [0.717, 1.165) is 25.7 Å². The molecule has 3 rings (SSSR count). The molecule has 0 bridgehead atoms. The zero-order valence-corrected chi connectivity index (χ0v) is 13.8. The Morgan fingerprint density at radius 2 is 1.75 bits per heavy atom. The first-order valence-corrected chi connectivity index (χ1v) is 8.40. The fraction of sp³-hybridized carbons (Fsp3) is 0.286. The van der Waals surface area contributed by atoms with E-state index in [-0.39, 0.29) is 5.91 Å². The molecule has 0 aromatic heterocycles. The summed E-state index contributed by atoms with van der Waals surface area (Å²) in [5.41, 5.74) is 0.0962. The summed E-state index contributed by atoms with van der Waals surface area (Å²) < 4.78 is 0. The van der Waals surface area contributed by atoms with Gasteiger partial charge in [0.1, 0.15) is 0 Å². The molecule has 2 aromatic carbocycles. The van der Waals surface area contributed by atoms with Crippen molar-refractivity contribution in [2.75, 3.05) is 4.90 Å². The van der Waals surface area contributed by atoms with Gasteiger partial charge in [0.05, 0.1) is 0 Å². The molecule has 1 N–H and O–H groups in total. The number of rotatable bonds is 4. The van der Waals surface area contributed by atoms with Crippen molar-refractivity contribution in [1.29, 1.82) is 0 Å². The highest BCUT2D eigenvalue weighted by molar-refractivity contribution is 6.12. The molecule has 1 aliphatic heterocycles. The maximum atomic E-state index is 12.8. The van der Waals surface area contributed by atoms with E-state index in [4.69, 9.17) is 0 Å². The van der Waals surface area contributed by atoms with Crippen LogP contribution in [0.15, 0.2) is 54.6 Å². The van der Waals surface area contributed by atoms with E-state index >= 15 is 0 Å². The number of hydrogen-bond acceptors (Lipinski definition) is 2. The summed E-state index contributed by atoms with van der Waals surface area (Å²) in [4.78, 5) is 14.2. The lowest BCUT2D eigenvalue weighted by Crippen LogP contribution is -2.43.